The summed E-state index contributed by atoms with van der Waals surface area (Å²) in [6, 6.07) is 60.1. The molecule has 0 radical (unpaired) electrons. The molecule has 2 aliphatic carbocycles. The molecule has 6 aromatic carbocycles. The lowest BCUT2D eigenvalue weighted by Gasteiger charge is -2.17. The molecular weight excluding hydrogens is 827 g/mol. The zero-order chi connectivity index (χ0) is 45.5. The maximum absolute atomic E-state index is 5.44. The Bertz CT molecular complexity index is 3310. The first kappa shape index (κ1) is 43.5. The van der Waals surface area contributed by atoms with Crippen LogP contribution in [0, 0.1) is 11.8 Å². The Morgan fingerprint density at radius 2 is 1.16 bits per heavy atom. The number of allylic oxidation sites excluding steroid dienone is 16. The SMILES string of the molecule is C/C(=C(\C/C=C1/C=CC=CC1C)c1ccccc1)c1ccc(-c2cc(-c3ccc4c(c3)sc3ccccc34)cc(-c3ccc(C4=C(/c5ccccc5)CCC(C)\C=C/C=C\C=C/4)cc3)n2)cc1. The summed E-state index contributed by atoms with van der Waals surface area (Å²) in [6.45, 7) is 6.85. The second-order valence-electron chi connectivity index (χ2n) is 17.9. The molecule has 2 heteroatoms. The normalized spacial score (nSPS) is 19.8. The number of hydrogen-bond acceptors (Lipinski definition) is 2. The van der Waals surface area contributed by atoms with Crippen molar-refractivity contribution in [3.8, 4) is 33.6 Å². The van der Waals surface area contributed by atoms with Crippen molar-refractivity contribution in [3.05, 3.63) is 258 Å². The highest BCUT2D eigenvalue weighted by Gasteiger charge is 2.16. The molecule has 0 saturated heterocycles. The number of benzene rings is 6. The van der Waals surface area contributed by atoms with Crippen LogP contribution >= 0.6 is 11.3 Å². The lowest BCUT2D eigenvalue weighted by molar-refractivity contribution is 0.664. The van der Waals surface area contributed by atoms with Gasteiger partial charge in [0.25, 0.3) is 0 Å². The van der Waals surface area contributed by atoms with Crippen molar-refractivity contribution in [2.75, 3.05) is 0 Å². The van der Waals surface area contributed by atoms with E-state index in [2.05, 4.69) is 251 Å². The molecule has 2 aliphatic rings. The summed E-state index contributed by atoms with van der Waals surface area (Å²) in [4.78, 5) is 5.44. The van der Waals surface area contributed by atoms with Crippen LogP contribution in [0.2, 0.25) is 0 Å². The number of hydrogen-bond donors (Lipinski definition) is 0. The minimum Gasteiger partial charge on any atom is -0.248 e. The number of nitrogens with zero attached hydrogens (tertiary/aromatic N) is 1. The molecule has 0 saturated carbocycles. The van der Waals surface area contributed by atoms with Gasteiger partial charge < -0.3 is 0 Å². The van der Waals surface area contributed by atoms with Crippen molar-refractivity contribution in [1.29, 1.82) is 0 Å². The molecule has 8 aromatic rings. The second-order valence-corrected chi connectivity index (χ2v) is 19.0. The van der Waals surface area contributed by atoms with Gasteiger partial charge in [0, 0.05) is 31.3 Å². The largest absolute Gasteiger partial charge is 0.248 e. The lowest BCUT2D eigenvalue weighted by atomic mass is 9.88. The van der Waals surface area contributed by atoms with Crippen LogP contribution in [0.4, 0.5) is 0 Å². The highest BCUT2D eigenvalue weighted by molar-refractivity contribution is 7.25. The predicted octanol–water partition coefficient (Wildman–Crippen LogP) is 18.5. The summed E-state index contributed by atoms with van der Waals surface area (Å²) in [5.74, 6) is 0.890. The van der Waals surface area contributed by atoms with Gasteiger partial charge in [0.15, 0.2) is 0 Å². The quantitative estimate of drug-likeness (QED) is 0.132. The Morgan fingerprint density at radius 1 is 0.537 bits per heavy atom. The first-order chi connectivity index (χ1) is 32.9. The van der Waals surface area contributed by atoms with Gasteiger partial charge in [-0.3, -0.25) is 0 Å². The minimum atomic E-state index is 0.409. The van der Waals surface area contributed by atoms with E-state index in [0.717, 1.165) is 47.3 Å². The topological polar surface area (TPSA) is 12.9 Å². The molecule has 2 atom stereocenters. The number of thiophene rings is 1. The average molecular weight is 882 g/mol. The Kier molecular flexibility index (Phi) is 13.0. The number of aromatic nitrogens is 1. The van der Waals surface area contributed by atoms with Crippen LogP contribution in [0.1, 0.15) is 62.3 Å². The van der Waals surface area contributed by atoms with Crippen LogP contribution < -0.4 is 0 Å². The average Bonchev–Trinajstić information content (AvgIpc) is 3.74. The lowest BCUT2D eigenvalue weighted by Crippen LogP contribution is -1.97. The van der Waals surface area contributed by atoms with E-state index in [9.17, 15) is 0 Å². The Hall–Kier alpha value is -7.39. The van der Waals surface area contributed by atoms with Gasteiger partial charge in [-0.05, 0) is 124 Å². The van der Waals surface area contributed by atoms with Crippen molar-refractivity contribution < 1.29 is 0 Å². The van der Waals surface area contributed by atoms with Gasteiger partial charge in [-0.2, -0.15) is 0 Å². The Balaban J connectivity index is 1.05. The molecule has 2 aromatic heterocycles. The van der Waals surface area contributed by atoms with Crippen molar-refractivity contribution in [3.63, 3.8) is 0 Å². The zero-order valence-electron chi connectivity index (χ0n) is 38.6. The molecule has 0 spiro atoms. The van der Waals surface area contributed by atoms with Crippen LogP contribution in [0.3, 0.4) is 0 Å². The van der Waals surface area contributed by atoms with Crippen molar-refractivity contribution >= 4 is 53.8 Å². The molecule has 1 nitrogen and oxygen atoms in total. The smallest absolute Gasteiger partial charge is 0.0715 e. The third-order valence-corrected chi connectivity index (χ3v) is 14.6. The molecule has 0 fully saturated rings. The van der Waals surface area contributed by atoms with Crippen LogP contribution in [0.15, 0.2) is 236 Å². The Labute approximate surface area is 400 Å². The summed E-state index contributed by atoms with van der Waals surface area (Å²) in [7, 11) is 0. The number of fused-ring (bicyclic) bond motifs is 3. The third-order valence-electron chi connectivity index (χ3n) is 13.4. The first-order valence-corrected chi connectivity index (χ1v) is 24.5. The fourth-order valence-electron chi connectivity index (χ4n) is 9.49. The fourth-order valence-corrected chi connectivity index (χ4v) is 10.6. The molecule has 0 amide bonds. The van der Waals surface area contributed by atoms with E-state index in [0.29, 0.717) is 11.8 Å². The molecule has 10 rings (SSSR count). The second kappa shape index (κ2) is 20.0. The standard InChI is InChI=1S/C65H55NS/c1-45-18-8-4-5-13-25-58(59(39-28-45)51-23-11-7-12-24-51)52-31-35-54(36-32-52)63-43-56(55-38-41-61-60-26-16-17-27-64(60)67-65(61)44-55)42-62(66-63)53-33-29-49(30-34-53)47(3)57(50-21-9-6-10-22-50)40-37-48-20-15-14-19-46(48)2/h4-27,29-38,41-46H,28,39-40H2,1-3H3/b5-4-,18-8-,25-13-,48-37-,57-47-,59-58-. The highest BCUT2D eigenvalue weighted by Crippen LogP contribution is 2.40. The van der Waals surface area contributed by atoms with Crippen LogP contribution in [0.25, 0.3) is 76.1 Å². The molecule has 2 unspecified atom stereocenters. The van der Waals surface area contributed by atoms with Crippen molar-refractivity contribution in [2.45, 2.75) is 40.0 Å². The summed E-state index contributed by atoms with van der Waals surface area (Å²) in [5, 5.41) is 2.62. The molecule has 0 aliphatic heterocycles. The summed E-state index contributed by atoms with van der Waals surface area (Å²) < 4.78 is 2.61. The monoisotopic (exact) mass is 881 g/mol. The van der Waals surface area contributed by atoms with Crippen LogP contribution in [-0.4, -0.2) is 4.98 Å². The van der Waals surface area contributed by atoms with E-state index in [4.69, 9.17) is 4.98 Å². The first-order valence-electron chi connectivity index (χ1n) is 23.7. The maximum atomic E-state index is 5.44. The van der Waals surface area contributed by atoms with Gasteiger partial charge in [0.1, 0.15) is 0 Å². The van der Waals surface area contributed by atoms with E-state index in [1.54, 1.807) is 0 Å². The molecule has 2 heterocycles. The fraction of sp³-hybridized carbons (Fsp3) is 0.123. The van der Waals surface area contributed by atoms with Gasteiger partial charge in [-0.15, -0.1) is 11.3 Å². The van der Waals surface area contributed by atoms with E-state index < -0.39 is 0 Å². The van der Waals surface area contributed by atoms with E-state index >= 15 is 0 Å². The van der Waals surface area contributed by atoms with Gasteiger partial charge in [0.05, 0.1) is 11.4 Å². The van der Waals surface area contributed by atoms with E-state index in [1.165, 1.54) is 75.9 Å². The van der Waals surface area contributed by atoms with E-state index in [1.807, 2.05) is 11.3 Å². The predicted molar refractivity (Wildman–Crippen MR) is 292 cm³/mol. The number of rotatable bonds is 9. The highest BCUT2D eigenvalue weighted by atomic mass is 32.1. The molecular formula is C65H55NS. The molecule has 0 N–H and O–H groups in total. The third kappa shape index (κ3) is 9.78. The summed E-state index contributed by atoms with van der Waals surface area (Å²) in [6.07, 6.45) is 27.3. The van der Waals surface area contributed by atoms with Gasteiger partial charge >= 0.3 is 0 Å². The minimum absolute atomic E-state index is 0.409. The van der Waals surface area contributed by atoms with Gasteiger partial charge in [0.2, 0.25) is 0 Å². The molecule has 0 bridgehead atoms. The van der Waals surface area contributed by atoms with Gasteiger partial charge in [-0.1, -0.05) is 220 Å². The maximum Gasteiger partial charge on any atom is 0.0715 e. The van der Waals surface area contributed by atoms with E-state index in [-0.39, 0.29) is 0 Å². The van der Waals surface area contributed by atoms with Crippen LogP contribution in [0.5, 0.6) is 0 Å². The zero-order valence-corrected chi connectivity index (χ0v) is 39.4. The summed E-state index contributed by atoms with van der Waals surface area (Å²) in [5.41, 5.74) is 18.0. The molecule has 67 heavy (non-hydrogen) atoms. The Morgan fingerprint density at radius 3 is 1.93 bits per heavy atom. The van der Waals surface area contributed by atoms with Crippen molar-refractivity contribution in [2.24, 2.45) is 11.8 Å². The van der Waals surface area contributed by atoms with Crippen LogP contribution in [-0.2, 0) is 0 Å². The summed E-state index contributed by atoms with van der Waals surface area (Å²) >= 11 is 1.86. The number of pyridine rings is 1. The van der Waals surface area contributed by atoms with Crippen molar-refractivity contribution in [1.82, 2.24) is 4.98 Å². The molecule has 326 valence electrons. The van der Waals surface area contributed by atoms with Gasteiger partial charge in [-0.25, -0.2) is 4.98 Å².